The fourth-order valence-corrected chi connectivity index (χ4v) is 2.30. The Kier molecular flexibility index (Phi) is 2.99. The van der Waals surface area contributed by atoms with Gasteiger partial charge in [-0.25, -0.2) is 9.37 Å². The van der Waals surface area contributed by atoms with Crippen LogP contribution in [-0.4, -0.2) is 9.55 Å². The van der Waals surface area contributed by atoms with Crippen molar-refractivity contribution in [1.82, 2.24) is 9.55 Å². The van der Waals surface area contributed by atoms with Crippen LogP contribution in [0.5, 0.6) is 0 Å². The monoisotopic (exact) mass is 267 g/mol. The van der Waals surface area contributed by atoms with Crippen LogP contribution in [0.2, 0.25) is 0 Å². The number of aromatic nitrogens is 2. The standard InChI is InChI=1S/C16H14FN3/c1-2-10-20-14-5-3-4-13(18)15(14)19-16(20)11-6-8-12(17)9-7-11/h2-9H,1,10,18H2. The molecule has 2 aromatic carbocycles. The molecular formula is C16H14FN3. The van der Waals surface area contributed by atoms with Crippen molar-refractivity contribution in [3.8, 4) is 11.4 Å². The lowest BCUT2D eigenvalue weighted by Crippen LogP contribution is -1.98. The molecule has 0 radical (unpaired) electrons. The number of halogens is 1. The largest absolute Gasteiger partial charge is 0.397 e. The van der Waals surface area contributed by atoms with E-state index >= 15 is 0 Å². The minimum Gasteiger partial charge on any atom is -0.397 e. The average molecular weight is 267 g/mol. The molecule has 0 unspecified atom stereocenters. The third kappa shape index (κ3) is 1.95. The van der Waals surface area contributed by atoms with E-state index in [-0.39, 0.29) is 5.82 Å². The van der Waals surface area contributed by atoms with Crippen molar-refractivity contribution in [3.63, 3.8) is 0 Å². The second kappa shape index (κ2) is 4.81. The maximum atomic E-state index is 13.1. The summed E-state index contributed by atoms with van der Waals surface area (Å²) in [4.78, 5) is 4.60. The van der Waals surface area contributed by atoms with Gasteiger partial charge in [-0.1, -0.05) is 12.1 Å². The lowest BCUT2D eigenvalue weighted by atomic mass is 10.2. The summed E-state index contributed by atoms with van der Waals surface area (Å²) in [6.45, 7) is 4.39. The van der Waals surface area contributed by atoms with Crippen LogP contribution >= 0.6 is 0 Å². The number of anilines is 1. The van der Waals surface area contributed by atoms with Gasteiger partial charge in [0.2, 0.25) is 0 Å². The Morgan fingerprint density at radius 2 is 1.95 bits per heavy atom. The van der Waals surface area contributed by atoms with Gasteiger partial charge in [0.25, 0.3) is 0 Å². The van der Waals surface area contributed by atoms with Crippen molar-refractivity contribution < 1.29 is 4.39 Å². The first-order valence-corrected chi connectivity index (χ1v) is 6.32. The van der Waals surface area contributed by atoms with Gasteiger partial charge in [-0.15, -0.1) is 6.58 Å². The summed E-state index contributed by atoms with van der Waals surface area (Å²) in [7, 11) is 0. The molecule has 0 saturated carbocycles. The first kappa shape index (κ1) is 12.4. The second-order valence-corrected chi connectivity index (χ2v) is 4.56. The smallest absolute Gasteiger partial charge is 0.141 e. The third-order valence-corrected chi connectivity index (χ3v) is 3.22. The molecule has 4 heteroatoms. The number of nitrogen functional groups attached to an aromatic ring is 1. The number of hydrogen-bond donors (Lipinski definition) is 1. The van der Waals surface area contributed by atoms with Crippen LogP contribution in [0.15, 0.2) is 55.1 Å². The molecule has 0 aliphatic heterocycles. The summed E-state index contributed by atoms with van der Waals surface area (Å²) in [6, 6.07) is 12.0. The fourth-order valence-electron chi connectivity index (χ4n) is 2.30. The van der Waals surface area contributed by atoms with Gasteiger partial charge in [-0.05, 0) is 36.4 Å². The Morgan fingerprint density at radius 3 is 2.65 bits per heavy atom. The molecule has 0 amide bonds. The van der Waals surface area contributed by atoms with Crippen LogP contribution in [0.4, 0.5) is 10.1 Å². The molecule has 2 N–H and O–H groups in total. The average Bonchev–Trinajstić information content (AvgIpc) is 2.81. The molecular weight excluding hydrogens is 253 g/mol. The van der Waals surface area contributed by atoms with E-state index in [1.54, 1.807) is 18.2 Å². The lowest BCUT2D eigenvalue weighted by molar-refractivity contribution is 0.628. The molecule has 0 atom stereocenters. The predicted molar refractivity (Wildman–Crippen MR) is 79.7 cm³/mol. The summed E-state index contributed by atoms with van der Waals surface area (Å²) in [5.74, 6) is 0.498. The summed E-state index contributed by atoms with van der Waals surface area (Å²) in [5.41, 5.74) is 9.17. The van der Waals surface area contributed by atoms with E-state index in [1.807, 2.05) is 22.8 Å². The van der Waals surface area contributed by atoms with E-state index in [0.29, 0.717) is 12.2 Å². The zero-order valence-corrected chi connectivity index (χ0v) is 10.9. The highest BCUT2D eigenvalue weighted by atomic mass is 19.1. The molecule has 20 heavy (non-hydrogen) atoms. The Balaban J connectivity index is 2.28. The van der Waals surface area contributed by atoms with Crippen molar-refractivity contribution in [2.75, 3.05) is 5.73 Å². The second-order valence-electron chi connectivity index (χ2n) is 4.56. The van der Waals surface area contributed by atoms with Crippen LogP contribution in [-0.2, 0) is 6.54 Å². The van der Waals surface area contributed by atoms with Crippen LogP contribution in [0.25, 0.3) is 22.4 Å². The number of fused-ring (bicyclic) bond motifs is 1. The van der Waals surface area contributed by atoms with Crippen LogP contribution in [0, 0.1) is 5.82 Å². The third-order valence-electron chi connectivity index (χ3n) is 3.22. The Bertz CT molecular complexity index is 772. The van der Waals surface area contributed by atoms with Gasteiger partial charge in [0.05, 0.1) is 11.2 Å². The number of allylic oxidation sites excluding steroid dienone is 1. The van der Waals surface area contributed by atoms with Crippen LogP contribution < -0.4 is 5.73 Å². The van der Waals surface area contributed by atoms with E-state index in [1.165, 1.54) is 12.1 Å². The number of imidazole rings is 1. The molecule has 1 heterocycles. The van der Waals surface area contributed by atoms with E-state index in [2.05, 4.69) is 11.6 Å². The van der Waals surface area contributed by atoms with Crippen molar-refractivity contribution in [1.29, 1.82) is 0 Å². The van der Waals surface area contributed by atoms with Crippen molar-refractivity contribution in [2.45, 2.75) is 6.54 Å². The maximum Gasteiger partial charge on any atom is 0.141 e. The molecule has 0 bridgehead atoms. The lowest BCUT2D eigenvalue weighted by Gasteiger charge is -2.06. The highest BCUT2D eigenvalue weighted by molar-refractivity contribution is 5.90. The molecule has 0 fully saturated rings. The highest BCUT2D eigenvalue weighted by Crippen LogP contribution is 2.28. The minimum atomic E-state index is -0.264. The maximum absolute atomic E-state index is 13.1. The van der Waals surface area contributed by atoms with E-state index < -0.39 is 0 Å². The summed E-state index contributed by atoms with van der Waals surface area (Å²) in [5, 5.41) is 0. The van der Waals surface area contributed by atoms with Gasteiger partial charge < -0.3 is 10.3 Å². The molecule has 100 valence electrons. The number of nitrogens with two attached hydrogens (primary N) is 1. The Hall–Kier alpha value is -2.62. The number of para-hydroxylation sites is 1. The first-order valence-electron chi connectivity index (χ1n) is 6.32. The molecule has 3 nitrogen and oxygen atoms in total. The van der Waals surface area contributed by atoms with E-state index in [0.717, 1.165) is 22.4 Å². The zero-order chi connectivity index (χ0) is 14.1. The van der Waals surface area contributed by atoms with Crippen molar-refractivity contribution in [3.05, 3.63) is 60.9 Å². The molecule has 3 aromatic rings. The van der Waals surface area contributed by atoms with Gasteiger partial charge >= 0.3 is 0 Å². The fraction of sp³-hybridized carbons (Fsp3) is 0.0625. The van der Waals surface area contributed by atoms with Gasteiger partial charge in [0.15, 0.2) is 0 Å². The summed E-state index contributed by atoms with van der Waals surface area (Å²) >= 11 is 0. The predicted octanol–water partition coefficient (Wildman–Crippen LogP) is 3.61. The zero-order valence-electron chi connectivity index (χ0n) is 10.9. The number of benzene rings is 2. The quantitative estimate of drug-likeness (QED) is 0.582. The molecule has 3 rings (SSSR count). The van der Waals surface area contributed by atoms with Crippen LogP contribution in [0.3, 0.4) is 0 Å². The van der Waals surface area contributed by atoms with Gasteiger partial charge in [0.1, 0.15) is 17.2 Å². The Labute approximate surface area is 116 Å². The van der Waals surface area contributed by atoms with Gasteiger partial charge in [-0.3, -0.25) is 0 Å². The van der Waals surface area contributed by atoms with Gasteiger partial charge in [0, 0.05) is 12.1 Å². The number of rotatable bonds is 3. The first-order chi connectivity index (χ1) is 9.70. The van der Waals surface area contributed by atoms with Gasteiger partial charge in [-0.2, -0.15) is 0 Å². The van der Waals surface area contributed by atoms with E-state index in [9.17, 15) is 4.39 Å². The normalized spacial score (nSPS) is 10.8. The number of nitrogens with zero attached hydrogens (tertiary/aromatic N) is 2. The summed E-state index contributed by atoms with van der Waals surface area (Å²) < 4.78 is 15.1. The topological polar surface area (TPSA) is 43.8 Å². The van der Waals surface area contributed by atoms with Crippen LogP contribution in [0.1, 0.15) is 0 Å². The minimum absolute atomic E-state index is 0.264. The number of hydrogen-bond acceptors (Lipinski definition) is 2. The Morgan fingerprint density at radius 1 is 1.20 bits per heavy atom. The van der Waals surface area contributed by atoms with Crippen molar-refractivity contribution >= 4 is 16.7 Å². The SMILES string of the molecule is C=CCn1c(-c2ccc(F)cc2)nc2c(N)cccc21. The highest BCUT2D eigenvalue weighted by Gasteiger charge is 2.13. The summed E-state index contributed by atoms with van der Waals surface area (Å²) in [6.07, 6.45) is 1.80. The molecule has 0 saturated heterocycles. The van der Waals surface area contributed by atoms with Crippen molar-refractivity contribution in [2.24, 2.45) is 0 Å². The van der Waals surface area contributed by atoms with E-state index in [4.69, 9.17) is 5.73 Å². The molecule has 0 aliphatic rings. The molecule has 1 aromatic heterocycles. The molecule has 0 spiro atoms. The molecule has 0 aliphatic carbocycles.